The second-order valence-corrected chi connectivity index (χ2v) is 9.30. The minimum Gasteiger partial charge on any atom is -0.364 e. The molecule has 10 nitrogen and oxygen atoms in total. The summed E-state index contributed by atoms with van der Waals surface area (Å²) >= 11 is 0. The van der Waals surface area contributed by atoms with Crippen LogP contribution in [0.4, 0.5) is 4.39 Å². The first kappa shape index (κ1) is 21.7. The number of aromatic nitrogens is 3. The number of primary amides is 1. The van der Waals surface area contributed by atoms with Gasteiger partial charge in [0.1, 0.15) is 22.1 Å². The van der Waals surface area contributed by atoms with Gasteiger partial charge < -0.3 is 15.2 Å². The molecule has 1 fully saturated rings. The van der Waals surface area contributed by atoms with Crippen LogP contribution in [0.2, 0.25) is 0 Å². The van der Waals surface area contributed by atoms with E-state index >= 15 is 0 Å². The van der Waals surface area contributed by atoms with Gasteiger partial charge in [0.15, 0.2) is 0 Å². The van der Waals surface area contributed by atoms with Crippen molar-refractivity contribution in [2.45, 2.75) is 4.90 Å². The van der Waals surface area contributed by atoms with Crippen LogP contribution in [0.5, 0.6) is 0 Å². The molecule has 0 radical (unpaired) electrons. The van der Waals surface area contributed by atoms with Gasteiger partial charge in [-0.1, -0.05) is 0 Å². The lowest BCUT2D eigenvalue weighted by molar-refractivity contribution is 0.0689. The second-order valence-electron chi connectivity index (χ2n) is 7.36. The van der Waals surface area contributed by atoms with Gasteiger partial charge in [-0.25, -0.2) is 17.8 Å². The summed E-state index contributed by atoms with van der Waals surface area (Å²) in [7, 11) is -2.30. The SMILES string of the molecule is Cn1cc(S(=O)(=O)N2CCN(C(=O)c3cncn3-c3ccc(F)cc3)CC2)cc1C(N)=O. The van der Waals surface area contributed by atoms with Crippen LogP contribution in [0.25, 0.3) is 5.69 Å². The van der Waals surface area contributed by atoms with E-state index in [9.17, 15) is 22.4 Å². The number of benzene rings is 1. The summed E-state index contributed by atoms with van der Waals surface area (Å²) in [6.45, 7) is 0.559. The average molecular weight is 460 g/mol. The molecule has 0 aliphatic carbocycles. The quantitative estimate of drug-likeness (QED) is 0.597. The summed E-state index contributed by atoms with van der Waals surface area (Å²) in [5.74, 6) is -1.41. The van der Waals surface area contributed by atoms with Crippen LogP contribution in [0, 0.1) is 5.82 Å². The van der Waals surface area contributed by atoms with E-state index in [0.717, 1.165) is 0 Å². The highest BCUT2D eigenvalue weighted by Crippen LogP contribution is 2.21. The molecule has 1 aromatic carbocycles. The van der Waals surface area contributed by atoms with Crippen molar-refractivity contribution < 1.29 is 22.4 Å². The molecule has 2 amide bonds. The third-order valence-electron chi connectivity index (χ3n) is 5.36. The predicted molar refractivity (Wildman–Crippen MR) is 112 cm³/mol. The van der Waals surface area contributed by atoms with Gasteiger partial charge in [-0.2, -0.15) is 4.31 Å². The number of hydrogen-bond donors (Lipinski definition) is 1. The van der Waals surface area contributed by atoms with Crippen molar-refractivity contribution in [3.05, 3.63) is 66.3 Å². The number of carbonyl (C=O) groups is 2. The number of halogens is 1. The smallest absolute Gasteiger partial charge is 0.272 e. The molecule has 0 spiro atoms. The molecule has 2 aromatic heterocycles. The van der Waals surface area contributed by atoms with Gasteiger partial charge in [0.05, 0.1) is 12.5 Å². The van der Waals surface area contributed by atoms with Gasteiger partial charge in [0.25, 0.3) is 11.8 Å². The molecule has 1 saturated heterocycles. The Hall–Kier alpha value is -3.51. The fourth-order valence-corrected chi connectivity index (χ4v) is 5.12. The molecule has 12 heteroatoms. The molecular formula is C20H21FN6O4S. The average Bonchev–Trinajstić information content (AvgIpc) is 3.41. The van der Waals surface area contributed by atoms with E-state index in [0.29, 0.717) is 11.4 Å². The van der Waals surface area contributed by atoms with Crippen LogP contribution < -0.4 is 5.73 Å². The highest BCUT2D eigenvalue weighted by molar-refractivity contribution is 7.89. The van der Waals surface area contributed by atoms with E-state index in [1.807, 2.05) is 0 Å². The first-order valence-electron chi connectivity index (χ1n) is 9.72. The Labute approximate surface area is 183 Å². The van der Waals surface area contributed by atoms with E-state index < -0.39 is 15.9 Å². The molecule has 0 bridgehead atoms. The number of carbonyl (C=O) groups excluding carboxylic acids is 2. The Morgan fingerprint density at radius 1 is 1.06 bits per heavy atom. The van der Waals surface area contributed by atoms with Gasteiger partial charge in [-0.05, 0) is 30.3 Å². The monoisotopic (exact) mass is 460 g/mol. The Morgan fingerprint density at radius 2 is 1.72 bits per heavy atom. The van der Waals surface area contributed by atoms with Crippen LogP contribution in [-0.2, 0) is 17.1 Å². The summed E-state index contributed by atoms with van der Waals surface area (Å²) in [6, 6.07) is 6.91. The molecule has 2 N–H and O–H groups in total. The minimum absolute atomic E-state index is 0.0250. The molecule has 32 heavy (non-hydrogen) atoms. The van der Waals surface area contributed by atoms with Crippen LogP contribution in [-0.4, -0.2) is 69.7 Å². The maximum absolute atomic E-state index is 13.2. The van der Waals surface area contributed by atoms with Crippen molar-refractivity contribution in [2.24, 2.45) is 12.8 Å². The lowest BCUT2D eigenvalue weighted by Crippen LogP contribution is -2.50. The predicted octanol–water partition coefficient (Wildman–Crippen LogP) is 0.596. The number of rotatable bonds is 5. The minimum atomic E-state index is -3.84. The summed E-state index contributed by atoms with van der Waals surface area (Å²) < 4.78 is 43.3. The lowest BCUT2D eigenvalue weighted by Gasteiger charge is -2.33. The number of imidazole rings is 1. The Balaban J connectivity index is 1.48. The Bertz CT molecular complexity index is 1270. The molecule has 1 aliphatic heterocycles. The molecule has 0 unspecified atom stereocenters. The Morgan fingerprint density at radius 3 is 2.31 bits per heavy atom. The summed E-state index contributed by atoms with van der Waals surface area (Å²) in [5.41, 5.74) is 6.24. The highest BCUT2D eigenvalue weighted by atomic mass is 32.2. The number of nitrogens with zero attached hydrogens (tertiary/aromatic N) is 5. The van der Waals surface area contributed by atoms with Gasteiger partial charge in [0, 0.05) is 45.1 Å². The normalized spacial score (nSPS) is 15.1. The van der Waals surface area contributed by atoms with E-state index in [1.165, 1.54) is 45.8 Å². The zero-order chi connectivity index (χ0) is 23.0. The first-order chi connectivity index (χ1) is 15.2. The standard InChI is InChI=1S/C20H21FN6O4S/c1-24-12-16(10-17(24)19(22)28)32(30,31)26-8-6-25(7-9-26)20(29)18-11-23-13-27(18)15-4-2-14(21)3-5-15/h2-5,10-13H,6-9H2,1H3,(H2,22,28). The summed E-state index contributed by atoms with van der Waals surface area (Å²) in [5, 5.41) is 0. The van der Waals surface area contributed by atoms with Crippen LogP contribution in [0.3, 0.4) is 0 Å². The van der Waals surface area contributed by atoms with Crippen molar-refractivity contribution >= 4 is 21.8 Å². The zero-order valence-electron chi connectivity index (χ0n) is 17.2. The van der Waals surface area contributed by atoms with Gasteiger partial charge in [0.2, 0.25) is 10.0 Å². The maximum Gasteiger partial charge on any atom is 0.272 e. The second kappa shape index (κ2) is 8.20. The Kier molecular flexibility index (Phi) is 5.57. The highest BCUT2D eigenvalue weighted by Gasteiger charge is 2.32. The fourth-order valence-electron chi connectivity index (χ4n) is 3.62. The zero-order valence-corrected chi connectivity index (χ0v) is 18.0. The number of hydrogen-bond acceptors (Lipinski definition) is 5. The molecule has 168 valence electrons. The largest absolute Gasteiger partial charge is 0.364 e. The van der Waals surface area contributed by atoms with E-state index in [2.05, 4.69) is 4.98 Å². The maximum atomic E-state index is 13.2. The molecule has 1 aliphatic rings. The van der Waals surface area contributed by atoms with E-state index in [-0.39, 0.29) is 48.5 Å². The van der Waals surface area contributed by atoms with Crippen molar-refractivity contribution in [3.63, 3.8) is 0 Å². The topological polar surface area (TPSA) is 124 Å². The van der Waals surface area contributed by atoms with Gasteiger partial charge >= 0.3 is 0 Å². The summed E-state index contributed by atoms with van der Waals surface area (Å²) in [4.78, 5) is 30.0. The molecule has 0 saturated carbocycles. The van der Waals surface area contributed by atoms with Crippen molar-refractivity contribution in [3.8, 4) is 5.69 Å². The number of sulfonamides is 1. The number of aryl methyl sites for hydroxylation is 1. The number of amides is 2. The van der Waals surface area contributed by atoms with E-state index in [4.69, 9.17) is 5.73 Å². The molecule has 3 heterocycles. The number of nitrogens with two attached hydrogens (primary N) is 1. The van der Waals surface area contributed by atoms with Crippen LogP contribution >= 0.6 is 0 Å². The molecule has 3 aromatic rings. The first-order valence-corrected chi connectivity index (χ1v) is 11.2. The van der Waals surface area contributed by atoms with Crippen molar-refractivity contribution in [2.75, 3.05) is 26.2 Å². The molecular weight excluding hydrogens is 439 g/mol. The third kappa shape index (κ3) is 3.89. The van der Waals surface area contributed by atoms with Crippen LogP contribution in [0.15, 0.2) is 53.9 Å². The van der Waals surface area contributed by atoms with Gasteiger partial charge in [-0.15, -0.1) is 0 Å². The van der Waals surface area contributed by atoms with E-state index in [1.54, 1.807) is 28.6 Å². The fraction of sp³-hybridized carbons (Fsp3) is 0.250. The van der Waals surface area contributed by atoms with Crippen molar-refractivity contribution in [1.82, 2.24) is 23.3 Å². The number of piperazine rings is 1. The van der Waals surface area contributed by atoms with Crippen molar-refractivity contribution in [1.29, 1.82) is 0 Å². The summed E-state index contributed by atoms with van der Waals surface area (Å²) in [6.07, 6.45) is 4.23. The lowest BCUT2D eigenvalue weighted by atomic mass is 10.2. The van der Waals surface area contributed by atoms with Crippen LogP contribution in [0.1, 0.15) is 21.0 Å². The molecule has 0 atom stereocenters. The molecule has 4 rings (SSSR count). The third-order valence-corrected chi connectivity index (χ3v) is 7.22. The van der Waals surface area contributed by atoms with Gasteiger partial charge in [-0.3, -0.25) is 14.2 Å².